The second kappa shape index (κ2) is 5.09. The highest BCUT2D eigenvalue weighted by atomic mass is 79.9. The molecule has 1 rings (SSSR count). The van der Waals surface area contributed by atoms with E-state index in [1.54, 1.807) is 24.3 Å². The third-order valence-electron chi connectivity index (χ3n) is 1.96. The molecule has 1 atom stereocenters. The molecule has 0 fully saturated rings. The molecule has 0 radical (unpaired) electrons. The number of halogens is 1. The molecule has 0 aliphatic carbocycles. The number of ether oxygens (including phenoxy) is 1. The number of carbonyl (C=O) groups is 1. The van der Waals surface area contributed by atoms with Gasteiger partial charge < -0.3 is 9.84 Å². The zero-order valence-corrected chi connectivity index (χ0v) is 9.82. The molecule has 80 valence electrons. The largest absolute Gasteiger partial charge is 0.466 e. The molecule has 0 spiro atoms. The molecule has 0 aromatic heterocycles. The topological polar surface area (TPSA) is 46.5 Å². The van der Waals surface area contributed by atoms with E-state index in [0.29, 0.717) is 5.56 Å². The lowest BCUT2D eigenvalue weighted by Crippen LogP contribution is -2.11. The van der Waals surface area contributed by atoms with Crippen LogP contribution in [0.5, 0.6) is 0 Å². The highest BCUT2D eigenvalue weighted by molar-refractivity contribution is 9.10. The zero-order chi connectivity index (χ0) is 11.4. The Bertz CT molecular complexity index is 370. The van der Waals surface area contributed by atoms with E-state index in [-0.39, 0.29) is 5.57 Å². The van der Waals surface area contributed by atoms with Crippen molar-refractivity contribution < 1.29 is 14.6 Å². The van der Waals surface area contributed by atoms with Crippen molar-refractivity contribution in [1.29, 1.82) is 0 Å². The van der Waals surface area contributed by atoms with Crippen molar-refractivity contribution in [2.75, 3.05) is 7.11 Å². The van der Waals surface area contributed by atoms with E-state index in [4.69, 9.17) is 0 Å². The summed E-state index contributed by atoms with van der Waals surface area (Å²) in [5, 5.41) is 9.77. The van der Waals surface area contributed by atoms with Gasteiger partial charge in [0.25, 0.3) is 0 Å². The molecule has 0 aliphatic heterocycles. The van der Waals surface area contributed by atoms with Gasteiger partial charge in [0.05, 0.1) is 12.7 Å². The minimum atomic E-state index is -1.02. The number of methoxy groups -OCH3 is 1. The van der Waals surface area contributed by atoms with Crippen molar-refractivity contribution in [3.05, 3.63) is 46.5 Å². The van der Waals surface area contributed by atoms with Gasteiger partial charge in [0, 0.05) is 4.47 Å². The summed E-state index contributed by atoms with van der Waals surface area (Å²) in [6.45, 7) is 3.49. The van der Waals surface area contributed by atoms with E-state index in [9.17, 15) is 9.90 Å². The number of hydrogen-bond donors (Lipinski definition) is 1. The lowest BCUT2D eigenvalue weighted by atomic mass is 10.0. The van der Waals surface area contributed by atoms with Crippen LogP contribution in [-0.2, 0) is 9.53 Å². The summed E-state index contributed by atoms with van der Waals surface area (Å²) in [4.78, 5) is 11.1. The third-order valence-corrected chi connectivity index (χ3v) is 2.49. The Balaban J connectivity index is 2.85. The van der Waals surface area contributed by atoms with Gasteiger partial charge in [0.1, 0.15) is 6.10 Å². The summed E-state index contributed by atoms with van der Waals surface area (Å²) >= 11 is 3.28. The van der Waals surface area contributed by atoms with E-state index in [0.717, 1.165) is 4.47 Å². The highest BCUT2D eigenvalue weighted by Crippen LogP contribution is 2.22. The third kappa shape index (κ3) is 2.91. The smallest absolute Gasteiger partial charge is 0.336 e. The first-order valence-electron chi connectivity index (χ1n) is 4.27. The minimum absolute atomic E-state index is 0.0276. The second-order valence-corrected chi connectivity index (χ2v) is 3.89. The van der Waals surface area contributed by atoms with Crippen LogP contribution in [-0.4, -0.2) is 18.2 Å². The number of carbonyl (C=O) groups excluding carboxylic acids is 1. The van der Waals surface area contributed by atoms with Crippen LogP contribution in [0.1, 0.15) is 11.7 Å². The Morgan fingerprint density at radius 3 is 2.47 bits per heavy atom. The summed E-state index contributed by atoms with van der Waals surface area (Å²) < 4.78 is 5.38. The maximum absolute atomic E-state index is 11.1. The van der Waals surface area contributed by atoms with Gasteiger partial charge in [-0.05, 0) is 17.7 Å². The van der Waals surface area contributed by atoms with Crippen LogP contribution < -0.4 is 0 Å². The Morgan fingerprint density at radius 2 is 2.00 bits per heavy atom. The van der Waals surface area contributed by atoms with Crippen molar-refractivity contribution in [3.63, 3.8) is 0 Å². The molecule has 1 aromatic carbocycles. The predicted octanol–water partition coefficient (Wildman–Crippen LogP) is 2.21. The first kappa shape index (κ1) is 11.9. The minimum Gasteiger partial charge on any atom is -0.466 e. The van der Waals surface area contributed by atoms with Gasteiger partial charge >= 0.3 is 5.97 Å². The molecule has 0 aliphatic rings. The number of benzene rings is 1. The molecule has 1 N–H and O–H groups in total. The second-order valence-electron chi connectivity index (χ2n) is 2.97. The standard InChI is InChI=1S/C11H11BrO3/c1-7(11(14)15-2)10(13)8-3-5-9(12)6-4-8/h3-6,10,13H,1H2,2H3. The quantitative estimate of drug-likeness (QED) is 0.677. The zero-order valence-electron chi connectivity index (χ0n) is 8.24. The highest BCUT2D eigenvalue weighted by Gasteiger charge is 2.18. The van der Waals surface area contributed by atoms with Gasteiger partial charge in [-0.2, -0.15) is 0 Å². The molecule has 3 nitrogen and oxygen atoms in total. The SMILES string of the molecule is C=C(C(=O)OC)C(O)c1ccc(Br)cc1. The van der Waals surface area contributed by atoms with Crippen LogP contribution in [0.25, 0.3) is 0 Å². The summed E-state index contributed by atoms with van der Waals surface area (Å²) in [6, 6.07) is 6.98. The van der Waals surface area contributed by atoms with E-state index >= 15 is 0 Å². The number of hydrogen-bond acceptors (Lipinski definition) is 3. The van der Waals surface area contributed by atoms with Crippen LogP contribution in [0.3, 0.4) is 0 Å². The lowest BCUT2D eigenvalue weighted by Gasteiger charge is -2.12. The Labute approximate surface area is 96.5 Å². The normalized spacial score (nSPS) is 11.9. The molecule has 0 bridgehead atoms. The molecule has 0 saturated carbocycles. The molecule has 15 heavy (non-hydrogen) atoms. The van der Waals surface area contributed by atoms with Gasteiger partial charge in [0.15, 0.2) is 0 Å². The monoisotopic (exact) mass is 270 g/mol. The molecule has 4 heteroatoms. The van der Waals surface area contributed by atoms with Gasteiger partial charge in [0.2, 0.25) is 0 Å². The van der Waals surface area contributed by atoms with E-state index in [2.05, 4.69) is 27.2 Å². The Kier molecular flexibility index (Phi) is 4.05. The Hall–Kier alpha value is -1.13. The fourth-order valence-corrected chi connectivity index (χ4v) is 1.35. The molecule has 0 amide bonds. The maximum Gasteiger partial charge on any atom is 0.336 e. The number of aliphatic hydroxyl groups is 1. The first-order chi connectivity index (χ1) is 7.06. The van der Waals surface area contributed by atoms with E-state index in [1.807, 2.05) is 0 Å². The van der Waals surface area contributed by atoms with Crippen LogP contribution in [0.2, 0.25) is 0 Å². The van der Waals surface area contributed by atoms with Crippen LogP contribution in [0.15, 0.2) is 40.9 Å². The van der Waals surface area contributed by atoms with Crippen LogP contribution >= 0.6 is 15.9 Å². The number of aliphatic hydroxyl groups excluding tert-OH is 1. The molecular formula is C11H11BrO3. The van der Waals surface area contributed by atoms with Crippen molar-refractivity contribution >= 4 is 21.9 Å². The van der Waals surface area contributed by atoms with Gasteiger partial charge in [-0.15, -0.1) is 0 Å². The number of esters is 1. The summed E-state index contributed by atoms with van der Waals surface area (Å²) in [5.74, 6) is -0.606. The van der Waals surface area contributed by atoms with Crippen LogP contribution in [0, 0.1) is 0 Å². The molecule has 0 saturated heterocycles. The van der Waals surface area contributed by atoms with Crippen molar-refractivity contribution in [1.82, 2.24) is 0 Å². The van der Waals surface area contributed by atoms with Crippen molar-refractivity contribution in [2.45, 2.75) is 6.10 Å². The summed E-state index contributed by atoms with van der Waals surface area (Å²) in [7, 11) is 1.25. The van der Waals surface area contributed by atoms with Crippen molar-refractivity contribution in [2.24, 2.45) is 0 Å². The summed E-state index contributed by atoms with van der Waals surface area (Å²) in [6.07, 6.45) is -1.02. The van der Waals surface area contributed by atoms with Crippen molar-refractivity contribution in [3.8, 4) is 0 Å². The fourth-order valence-electron chi connectivity index (χ4n) is 1.09. The van der Waals surface area contributed by atoms with Gasteiger partial charge in [-0.3, -0.25) is 0 Å². The fraction of sp³-hybridized carbons (Fsp3) is 0.182. The molecule has 0 heterocycles. The molecular weight excluding hydrogens is 260 g/mol. The average molecular weight is 271 g/mol. The van der Waals surface area contributed by atoms with E-state index in [1.165, 1.54) is 7.11 Å². The van der Waals surface area contributed by atoms with Crippen LogP contribution in [0.4, 0.5) is 0 Å². The van der Waals surface area contributed by atoms with Gasteiger partial charge in [-0.25, -0.2) is 4.79 Å². The van der Waals surface area contributed by atoms with Gasteiger partial charge in [-0.1, -0.05) is 34.6 Å². The number of rotatable bonds is 3. The maximum atomic E-state index is 11.1. The first-order valence-corrected chi connectivity index (χ1v) is 5.06. The molecule has 1 unspecified atom stereocenters. The summed E-state index contributed by atoms with van der Waals surface area (Å²) in [5.41, 5.74) is 0.633. The predicted molar refractivity (Wildman–Crippen MR) is 60.3 cm³/mol. The van der Waals surface area contributed by atoms with E-state index < -0.39 is 12.1 Å². The average Bonchev–Trinajstić information content (AvgIpc) is 2.27. The lowest BCUT2D eigenvalue weighted by molar-refractivity contribution is -0.137. The molecule has 1 aromatic rings. The Morgan fingerprint density at radius 1 is 1.47 bits per heavy atom.